The monoisotopic (exact) mass is 450 g/mol. The first kappa shape index (κ1) is 19.2. The van der Waals surface area contributed by atoms with E-state index in [0.717, 1.165) is 9.56 Å². The van der Waals surface area contributed by atoms with Gasteiger partial charge in [0, 0.05) is 17.3 Å². The third-order valence-electron chi connectivity index (χ3n) is 4.39. The first-order chi connectivity index (χ1) is 12.2. The molecular formula is C16H18BrF3N4OS. The van der Waals surface area contributed by atoms with Crippen molar-refractivity contribution in [3.8, 4) is 0 Å². The Balaban J connectivity index is 2.00. The lowest BCUT2D eigenvalue weighted by molar-refractivity contribution is -0.173. The number of nitrogens with zero attached hydrogens (tertiary/aromatic N) is 2. The second kappa shape index (κ2) is 7.22. The molecule has 1 aliphatic rings. The van der Waals surface area contributed by atoms with E-state index in [0.29, 0.717) is 6.42 Å². The van der Waals surface area contributed by atoms with Crippen molar-refractivity contribution in [3.63, 3.8) is 0 Å². The third-order valence-corrected chi connectivity index (χ3v) is 6.12. The average molecular weight is 451 g/mol. The first-order valence-electron chi connectivity index (χ1n) is 8.17. The molecule has 2 aromatic rings. The summed E-state index contributed by atoms with van der Waals surface area (Å²) in [7, 11) is 0. The Bertz CT molecular complexity index is 790. The molecule has 0 radical (unpaired) electrons. The molecule has 0 fully saturated rings. The van der Waals surface area contributed by atoms with Crippen molar-refractivity contribution in [2.24, 2.45) is 0 Å². The number of carbonyl (C=O) groups excluding carboxylic acids is 1. The van der Waals surface area contributed by atoms with Crippen LogP contribution in [0, 0.1) is 0 Å². The van der Waals surface area contributed by atoms with E-state index < -0.39 is 24.2 Å². The maximum atomic E-state index is 13.6. The molecule has 3 heterocycles. The van der Waals surface area contributed by atoms with Gasteiger partial charge < -0.3 is 10.6 Å². The van der Waals surface area contributed by atoms with Crippen molar-refractivity contribution in [1.82, 2.24) is 15.1 Å². The van der Waals surface area contributed by atoms with E-state index in [1.807, 2.05) is 19.2 Å². The highest BCUT2D eigenvalue weighted by Gasteiger charge is 2.48. The van der Waals surface area contributed by atoms with Crippen molar-refractivity contribution >= 4 is 39.0 Å². The van der Waals surface area contributed by atoms with E-state index in [9.17, 15) is 18.0 Å². The molecule has 0 bridgehead atoms. The molecule has 2 N–H and O–H groups in total. The summed E-state index contributed by atoms with van der Waals surface area (Å²) in [6.45, 7) is 3.73. The zero-order valence-corrected chi connectivity index (χ0v) is 16.5. The minimum Gasteiger partial charge on any atom is -0.362 e. The second-order valence-corrected chi connectivity index (χ2v) is 8.02. The number of fused-ring (bicyclic) bond motifs is 1. The van der Waals surface area contributed by atoms with Gasteiger partial charge >= 0.3 is 6.18 Å². The number of alkyl halides is 3. The van der Waals surface area contributed by atoms with Crippen molar-refractivity contribution in [2.45, 2.75) is 51.0 Å². The molecular weight excluding hydrogens is 433 g/mol. The van der Waals surface area contributed by atoms with Gasteiger partial charge in [0.15, 0.2) is 11.7 Å². The van der Waals surface area contributed by atoms with E-state index in [1.165, 1.54) is 11.3 Å². The van der Waals surface area contributed by atoms with E-state index >= 15 is 0 Å². The predicted octanol–water partition coefficient (Wildman–Crippen LogP) is 4.90. The smallest absolute Gasteiger partial charge is 0.362 e. The van der Waals surface area contributed by atoms with Crippen molar-refractivity contribution < 1.29 is 18.0 Å². The molecule has 0 spiro atoms. The number of aromatic nitrogens is 2. The maximum Gasteiger partial charge on any atom is 0.410 e. The van der Waals surface area contributed by atoms with E-state index in [2.05, 4.69) is 31.7 Å². The van der Waals surface area contributed by atoms with Gasteiger partial charge in [-0.3, -0.25) is 4.79 Å². The molecule has 1 aliphatic heterocycles. The van der Waals surface area contributed by atoms with Crippen molar-refractivity contribution in [2.75, 3.05) is 5.32 Å². The summed E-state index contributed by atoms with van der Waals surface area (Å²) < 4.78 is 42.0. The van der Waals surface area contributed by atoms with Gasteiger partial charge in [0.2, 0.25) is 0 Å². The summed E-state index contributed by atoms with van der Waals surface area (Å²) in [5, 5.41) is 11.6. The summed E-state index contributed by atoms with van der Waals surface area (Å²) in [5.74, 6) is -0.324. The minimum absolute atomic E-state index is 0.0473. The molecule has 3 atom stereocenters. The van der Waals surface area contributed by atoms with Gasteiger partial charge in [-0.1, -0.05) is 13.0 Å². The summed E-state index contributed by atoms with van der Waals surface area (Å²) in [6, 6.07) is 1.21. The molecule has 26 heavy (non-hydrogen) atoms. The number of carbonyl (C=O) groups is 1. The van der Waals surface area contributed by atoms with E-state index in [-0.39, 0.29) is 28.4 Å². The van der Waals surface area contributed by atoms with Crippen LogP contribution in [-0.4, -0.2) is 27.9 Å². The van der Waals surface area contributed by atoms with Crippen molar-refractivity contribution in [3.05, 3.63) is 32.6 Å². The van der Waals surface area contributed by atoms with Crippen LogP contribution in [0.25, 0.3) is 0 Å². The van der Waals surface area contributed by atoms with Crippen LogP contribution in [-0.2, 0) is 0 Å². The largest absolute Gasteiger partial charge is 0.410 e. The molecule has 2 aromatic heterocycles. The molecule has 10 heteroatoms. The lowest BCUT2D eigenvalue weighted by Crippen LogP contribution is -2.36. The highest BCUT2D eigenvalue weighted by atomic mass is 79.9. The Morgan fingerprint density at radius 2 is 2.31 bits per heavy atom. The molecule has 0 aromatic carbocycles. The molecule has 0 saturated carbocycles. The number of anilines is 1. The zero-order chi connectivity index (χ0) is 19.1. The number of hydrogen-bond donors (Lipinski definition) is 2. The first-order valence-corrected chi connectivity index (χ1v) is 9.85. The summed E-state index contributed by atoms with van der Waals surface area (Å²) in [5.41, 5.74) is -0.0473. The van der Waals surface area contributed by atoms with Crippen LogP contribution >= 0.6 is 27.3 Å². The molecule has 0 unspecified atom stereocenters. The van der Waals surface area contributed by atoms with Crippen LogP contribution in [0.15, 0.2) is 22.0 Å². The van der Waals surface area contributed by atoms with Crippen LogP contribution in [0.2, 0.25) is 0 Å². The topological polar surface area (TPSA) is 59.0 Å². The number of halogens is 4. The molecule has 1 amide bonds. The predicted molar refractivity (Wildman–Crippen MR) is 97.5 cm³/mol. The van der Waals surface area contributed by atoms with Gasteiger partial charge in [-0.05, 0) is 40.7 Å². The lowest BCUT2D eigenvalue weighted by Gasteiger charge is -2.33. The quantitative estimate of drug-likeness (QED) is 0.696. The fourth-order valence-electron chi connectivity index (χ4n) is 2.80. The zero-order valence-electron chi connectivity index (χ0n) is 14.1. The number of thiophene rings is 1. The fourth-order valence-corrected chi connectivity index (χ4v) is 4.15. The van der Waals surface area contributed by atoms with Gasteiger partial charge in [-0.15, -0.1) is 11.3 Å². The van der Waals surface area contributed by atoms with Gasteiger partial charge in [-0.2, -0.15) is 18.3 Å². The highest BCUT2D eigenvalue weighted by Crippen LogP contribution is 2.46. The number of rotatable bonds is 4. The molecule has 142 valence electrons. The van der Waals surface area contributed by atoms with Crippen LogP contribution < -0.4 is 10.6 Å². The Hall–Kier alpha value is -1.55. The highest BCUT2D eigenvalue weighted by molar-refractivity contribution is 9.10. The second-order valence-electron chi connectivity index (χ2n) is 6.24. The average Bonchev–Trinajstić information content (AvgIpc) is 3.21. The van der Waals surface area contributed by atoms with Crippen LogP contribution in [0.3, 0.4) is 0 Å². The van der Waals surface area contributed by atoms with Gasteiger partial charge in [0.25, 0.3) is 5.91 Å². The Morgan fingerprint density at radius 3 is 2.88 bits per heavy atom. The molecule has 3 rings (SSSR count). The minimum atomic E-state index is -4.47. The van der Waals surface area contributed by atoms with E-state index in [1.54, 1.807) is 12.1 Å². The summed E-state index contributed by atoms with van der Waals surface area (Å²) in [6.07, 6.45) is -3.94. The van der Waals surface area contributed by atoms with Crippen LogP contribution in [0.5, 0.6) is 0 Å². The fraction of sp³-hybridized carbons (Fsp3) is 0.500. The Kier molecular flexibility index (Phi) is 5.34. The maximum absolute atomic E-state index is 13.6. The van der Waals surface area contributed by atoms with Gasteiger partial charge in [0.1, 0.15) is 5.82 Å². The Morgan fingerprint density at radius 1 is 1.58 bits per heavy atom. The van der Waals surface area contributed by atoms with E-state index in [4.69, 9.17) is 0 Å². The van der Waals surface area contributed by atoms with Crippen LogP contribution in [0.1, 0.15) is 54.1 Å². The molecule has 0 aliphatic carbocycles. The SMILES string of the molecule is CC[C@@H](C)NC(=O)c1nn2c(c1Br)N[C@@H](c1cccs1)C[C@H]2C(F)(F)F. The summed E-state index contributed by atoms with van der Waals surface area (Å²) >= 11 is 4.66. The van der Waals surface area contributed by atoms with Crippen molar-refractivity contribution in [1.29, 1.82) is 0 Å². The normalized spacial score (nSPS) is 21.0. The number of nitrogens with one attached hydrogen (secondary N) is 2. The molecule has 0 saturated heterocycles. The Labute approximate surface area is 161 Å². The third kappa shape index (κ3) is 3.62. The molecule has 5 nitrogen and oxygen atoms in total. The summed E-state index contributed by atoms with van der Waals surface area (Å²) in [4.78, 5) is 13.2. The number of amides is 1. The number of hydrogen-bond acceptors (Lipinski definition) is 4. The lowest BCUT2D eigenvalue weighted by atomic mass is 10.0. The van der Waals surface area contributed by atoms with Gasteiger partial charge in [0.05, 0.1) is 10.5 Å². The standard InChI is InChI=1S/C16H18BrF3N4OS/c1-3-8(2)21-15(25)13-12(17)14-22-9(10-5-4-6-26-10)7-11(16(18,19)20)24(14)23-13/h4-6,8-9,11,22H,3,7H2,1-2H3,(H,21,25)/t8-,9-,11+/m1/s1. The van der Waals surface area contributed by atoms with Gasteiger partial charge in [-0.25, -0.2) is 4.68 Å². The van der Waals surface area contributed by atoms with Crippen LogP contribution in [0.4, 0.5) is 19.0 Å².